The Bertz CT molecular complexity index is 214. The van der Waals surface area contributed by atoms with E-state index in [1.165, 1.54) is 4.90 Å². The van der Waals surface area contributed by atoms with Crippen molar-refractivity contribution in [2.45, 2.75) is 45.5 Å². The van der Waals surface area contributed by atoms with Gasteiger partial charge in [-0.05, 0) is 27.3 Å². The number of hydrogen-bond acceptors (Lipinski definition) is 3. The molecule has 0 rings (SSSR count). The molecule has 17 heavy (non-hydrogen) atoms. The summed E-state index contributed by atoms with van der Waals surface area (Å²) in [7, 11) is 0. The standard InChI is InChI=1S/C11H23F3N2O/c1-5-16(8-11(12,13)14)7-9(17)6-15-10(2,3)4/h9,15,17H,5-8H2,1-4H3. The molecule has 1 unspecified atom stereocenters. The molecule has 0 bridgehead atoms. The molecule has 0 fully saturated rings. The summed E-state index contributed by atoms with van der Waals surface area (Å²) in [5, 5.41) is 12.7. The summed E-state index contributed by atoms with van der Waals surface area (Å²) in [6.45, 7) is 7.07. The van der Waals surface area contributed by atoms with E-state index < -0.39 is 18.8 Å². The lowest BCUT2D eigenvalue weighted by molar-refractivity contribution is -0.147. The molecule has 0 saturated heterocycles. The number of likely N-dealkylation sites (N-methyl/N-ethyl adjacent to an activating group) is 1. The van der Waals surface area contributed by atoms with Gasteiger partial charge in [-0.3, -0.25) is 4.90 Å². The molecule has 0 aliphatic carbocycles. The number of alkyl halides is 3. The molecule has 0 saturated carbocycles. The summed E-state index contributed by atoms with van der Waals surface area (Å²) in [6.07, 6.45) is -5.01. The highest BCUT2D eigenvalue weighted by molar-refractivity contribution is 4.75. The Morgan fingerprint density at radius 1 is 1.24 bits per heavy atom. The molecular weight excluding hydrogens is 233 g/mol. The molecule has 0 aromatic rings. The normalized spacial score (nSPS) is 15.4. The molecule has 0 aliphatic rings. The van der Waals surface area contributed by atoms with Gasteiger partial charge in [-0.25, -0.2) is 0 Å². The molecule has 104 valence electrons. The number of aliphatic hydroxyl groups excluding tert-OH is 1. The van der Waals surface area contributed by atoms with Gasteiger partial charge in [-0.2, -0.15) is 13.2 Å². The Morgan fingerprint density at radius 2 is 1.76 bits per heavy atom. The van der Waals surface area contributed by atoms with Crippen LogP contribution in [-0.4, -0.2) is 54.0 Å². The quantitative estimate of drug-likeness (QED) is 0.758. The predicted molar refractivity (Wildman–Crippen MR) is 61.9 cm³/mol. The minimum absolute atomic E-state index is 0.0269. The van der Waals surface area contributed by atoms with E-state index in [0.717, 1.165) is 0 Å². The van der Waals surface area contributed by atoms with Gasteiger partial charge in [0.05, 0.1) is 12.6 Å². The first-order valence-corrected chi connectivity index (χ1v) is 5.75. The van der Waals surface area contributed by atoms with Crippen LogP contribution >= 0.6 is 0 Å². The van der Waals surface area contributed by atoms with Crippen LogP contribution in [0, 0.1) is 0 Å². The van der Waals surface area contributed by atoms with E-state index in [2.05, 4.69) is 5.32 Å². The third kappa shape index (κ3) is 10.5. The summed E-state index contributed by atoms with van der Waals surface area (Å²) < 4.78 is 36.5. The van der Waals surface area contributed by atoms with E-state index in [1.807, 2.05) is 20.8 Å². The van der Waals surface area contributed by atoms with E-state index in [0.29, 0.717) is 0 Å². The summed E-state index contributed by atoms with van der Waals surface area (Å²) in [4.78, 5) is 1.19. The minimum Gasteiger partial charge on any atom is -0.390 e. The van der Waals surface area contributed by atoms with Crippen molar-refractivity contribution in [1.82, 2.24) is 10.2 Å². The second-order valence-corrected chi connectivity index (χ2v) is 5.23. The summed E-state index contributed by atoms with van der Waals surface area (Å²) in [6, 6.07) is 0. The van der Waals surface area contributed by atoms with Crippen LogP contribution in [0.1, 0.15) is 27.7 Å². The molecule has 2 N–H and O–H groups in total. The maximum Gasteiger partial charge on any atom is 0.401 e. The highest BCUT2D eigenvalue weighted by Gasteiger charge is 2.30. The van der Waals surface area contributed by atoms with Gasteiger partial charge in [0, 0.05) is 18.6 Å². The second-order valence-electron chi connectivity index (χ2n) is 5.23. The molecule has 0 heterocycles. The van der Waals surface area contributed by atoms with E-state index >= 15 is 0 Å². The van der Waals surface area contributed by atoms with Gasteiger partial charge >= 0.3 is 6.18 Å². The number of rotatable bonds is 6. The average Bonchev–Trinajstić information content (AvgIpc) is 2.10. The number of nitrogens with one attached hydrogen (secondary N) is 1. The van der Waals surface area contributed by atoms with Crippen LogP contribution in [0.2, 0.25) is 0 Å². The monoisotopic (exact) mass is 256 g/mol. The van der Waals surface area contributed by atoms with Crippen molar-refractivity contribution in [3.8, 4) is 0 Å². The molecule has 0 radical (unpaired) electrons. The molecular formula is C11H23F3N2O. The van der Waals surface area contributed by atoms with Crippen LogP contribution in [-0.2, 0) is 0 Å². The van der Waals surface area contributed by atoms with E-state index in [9.17, 15) is 18.3 Å². The molecule has 0 spiro atoms. The average molecular weight is 256 g/mol. The summed E-state index contributed by atoms with van der Waals surface area (Å²) >= 11 is 0. The molecule has 0 amide bonds. The molecule has 6 heteroatoms. The highest BCUT2D eigenvalue weighted by Crippen LogP contribution is 2.16. The lowest BCUT2D eigenvalue weighted by Crippen LogP contribution is -2.46. The van der Waals surface area contributed by atoms with Crippen molar-refractivity contribution >= 4 is 0 Å². The van der Waals surface area contributed by atoms with E-state index in [1.54, 1.807) is 6.92 Å². The summed E-state index contributed by atoms with van der Waals surface area (Å²) in [5.41, 5.74) is -0.151. The maximum atomic E-state index is 12.2. The third-order valence-electron chi connectivity index (χ3n) is 2.19. The number of β-amino-alcohol motifs (C(OH)–C–C–N with tert-alkyl or cyclic N) is 1. The zero-order chi connectivity index (χ0) is 13.7. The van der Waals surface area contributed by atoms with Gasteiger partial charge in [-0.1, -0.05) is 6.92 Å². The number of halogens is 3. The Kier molecular flexibility index (Phi) is 6.43. The Labute approximate surface area is 101 Å². The van der Waals surface area contributed by atoms with Gasteiger partial charge in [0.2, 0.25) is 0 Å². The smallest absolute Gasteiger partial charge is 0.390 e. The van der Waals surface area contributed by atoms with Gasteiger partial charge in [0.1, 0.15) is 0 Å². The molecule has 1 atom stereocenters. The van der Waals surface area contributed by atoms with Crippen LogP contribution in [0.4, 0.5) is 13.2 Å². The van der Waals surface area contributed by atoms with Crippen molar-refractivity contribution in [3.05, 3.63) is 0 Å². The van der Waals surface area contributed by atoms with Crippen LogP contribution in [0.25, 0.3) is 0 Å². The first-order chi connectivity index (χ1) is 7.53. The lowest BCUT2D eigenvalue weighted by Gasteiger charge is -2.27. The fourth-order valence-electron chi connectivity index (χ4n) is 1.35. The summed E-state index contributed by atoms with van der Waals surface area (Å²) in [5.74, 6) is 0. The van der Waals surface area contributed by atoms with Crippen molar-refractivity contribution in [3.63, 3.8) is 0 Å². The second kappa shape index (κ2) is 6.56. The van der Waals surface area contributed by atoms with Crippen LogP contribution < -0.4 is 5.32 Å². The molecule has 0 aromatic carbocycles. The van der Waals surface area contributed by atoms with Crippen molar-refractivity contribution in [1.29, 1.82) is 0 Å². The SMILES string of the molecule is CCN(CC(O)CNC(C)(C)C)CC(F)(F)F. The zero-order valence-electron chi connectivity index (χ0n) is 10.9. The number of hydrogen-bond donors (Lipinski definition) is 2. The number of nitrogens with zero attached hydrogens (tertiary/aromatic N) is 1. The van der Waals surface area contributed by atoms with Crippen LogP contribution in [0.3, 0.4) is 0 Å². The minimum atomic E-state index is -4.22. The van der Waals surface area contributed by atoms with Gasteiger partial charge in [0.15, 0.2) is 0 Å². The maximum absolute atomic E-state index is 12.2. The fourth-order valence-corrected chi connectivity index (χ4v) is 1.35. The van der Waals surface area contributed by atoms with E-state index in [4.69, 9.17) is 0 Å². The Hall–Kier alpha value is -0.330. The molecule has 0 aliphatic heterocycles. The first kappa shape index (κ1) is 16.7. The van der Waals surface area contributed by atoms with Crippen molar-refractivity contribution in [2.75, 3.05) is 26.2 Å². The third-order valence-corrected chi connectivity index (χ3v) is 2.19. The predicted octanol–water partition coefficient (Wildman–Crippen LogP) is 1.62. The lowest BCUT2D eigenvalue weighted by atomic mass is 10.1. The Balaban J connectivity index is 4.03. The van der Waals surface area contributed by atoms with Crippen molar-refractivity contribution < 1.29 is 18.3 Å². The van der Waals surface area contributed by atoms with Gasteiger partial charge in [-0.15, -0.1) is 0 Å². The highest BCUT2D eigenvalue weighted by atomic mass is 19.4. The van der Waals surface area contributed by atoms with Gasteiger partial charge < -0.3 is 10.4 Å². The topological polar surface area (TPSA) is 35.5 Å². The van der Waals surface area contributed by atoms with Crippen LogP contribution in [0.15, 0.2) is 0 Å². The first-order valence-electron chi connectivity index (χ1n) is 5.75. The van der Waals surface area contributed by atoms with E-state index in [-0.39, 0.29) is 25.2 Å². The van der Waals surface area contributed by atoms with Gasteiger partial charge in [0.25, 0.3) is 0 Å². The molecule has 0 aromatic heterocycles. The van der Waals surface area contributed by atoms with Crippen LogP contribution in [0.5, 0.6) is 0 Å². The van der Waals surface area contributed by atoms with Crippen molar-refractivity contribution in [2.24, 2.45) is 0 Å². The largest absolute Gasteiger partial charge is 0.401 e. The fraction of sp³-hybridized carbons (Fsp3) is 1.00. The molecule has 3 nitrogen and oxygen atoms in total. The zero-order valence-corrected chi connectivity index (χ0v) is 10.9. The Morgan fingerprint density at radius 3 is 2.12 bits per heavy atom. The number of aliphatic hydroxyl groups is 1.